The Labute approximate surface area is 191 Å². The summed E-state index contributed by atoms with van der Waals surface area (Å²) in [4.78, 5) is 19.5. The number of amides is 1. The molecule has 4 rings (SSSR count). The Kier molecular flexibility index (Phi) is 6.76. The monoisotopic (exact) mass is 455 g/mol. The fourth-order valence-corrected chi connectivity index (χ4v) is 4.15. The van der Waals surface area contributed by atoms with Crippen LogP contribution in [-0.4, -0.2) is 35.7 Å². The molecule has 0 saturated heterocycles. The SMILES string of the molecule is O=C(NCCCO)c1cccc(-c2ccc3c(n2)N(Cc2ccc(Cl)cc2Cl)CC3)c1. The highest BCUT2D eigenvalue weighted by Crippen LogP contribution is 2.32. The van der Waals surface area contributed by atoms with Crippen LogP contribution in [-0.2, 0) is 13.0 Å². The smallest absolute Gasteiger partial charge is 0.251 e. The summed E-state index contributed by atoms with van der Waals surface area (Å²) in [6.07, 6.45) is 1.46. The normalized spacial score (nSPS) is 12.7. The highest BCUT2D eigenvalue weighted by Gasteiger charge is 2.22. The van der Waals surface area contributed by atoms with Gasteiger partial charge in [-0.25, -0.2) is 4.98 Å². The maximum atomic E-state index is 12.4. The molecule has 0 radical (unpaired) electrons. The molecule has 0 aliphatic carbocycles. The number of benzene rings is 2. The third-order valence-corrected chi connectivity index (χ3v) is 5.91. The molecule has 2 heterocycles. The molecule has 2 N–H and O–H groups in total. The van der Waals surface area contributed by atoms with Gasteiger partial charge in [0.05, 0.1) is 5.69 Å². The first-order valence-corrected chi connectivity index (χ1v) is 11.0. The van der Waals surface area contributed by atoms with Gasteiger partial charge < -0.3 is 15.3 Å². The van der Waals surface area contributed by atoms with Crippen LogP contribution in [0.1, 0.15) is 27.9 Å². The lowest BCUT2D eigenvalue weighted by Crippen LogP contribution is -2.25. The van der Waals surface area contributed by atoms with Gasteiger partial charge in [-0.1, -0.05) is 47.5 Å². The van der Waals surface area contributed by atoms with Gasteiger partial charge in [-0.15, -0.1) is 0 Å². The van der Waals surface area contributed by atoms with E-state index in [-0.39, 0.29) is 12.5 Å². The summed E-state index contributed by atoms with van der Waals surface area (Å²) in [7, 11) is 0. The van der Waals surface area contributed by atoms with E-state index in [9.17, 15) is 4.79 Å². The van der Waals surface area contributed by atoms with E-state index in [2.05, 4.69) is 16.3 Å². The number of pyridine rings is 1. The minimum atomic E-state index is -0.157. The zero-order valence-corrected chi connectivity index (χ0v) is 18.5. The van der Waals surface area contributed by atoms with Crippen molar-refractivity contribution in [2.45, 2.75) is 19.4 Å². The number of aliphatic hydroxyl groups is 1. The molecule has 0 spiro atoms. The molecule has 1 aromatic heterocycles. The van der Waals surface area contributed by atoms with E-state index in [1.54, 1.807) is 12.1 Å². The van der Waals surface area contributed by atoms with Crippen LogP contribution < -0.4 is 10.2 Å². The highest BCUT2D eigenvalue weighted by atomic mass is 35.5. The molecule has 5 nitrogen and oxygen atoms in total. The maximum Gasteiger partial charge on any atom is 0.251 e. The highest BCUT2D eigenvalue weighted by molar-refractivity contribution is 6.35. The number of anilines is 1. The van der Waals surface area contributed by atoms with Crippen LogP contribution in [0.4, 0.5) is 5.82 Å². The Morgan fingerprint density at radius 2 is 2.00 bits per heavy atom. The second-order valence-electron chi connectivity index (χ2n) is 7.50. The van der Waals surface area contributed by atoms with Crippen LogP contribution in [0.25, 0.3) is 11.3 Å². The molecular formula is C24H23Cl2N3O2. The first kappa shape index (κ1) is 21.6. The number of aromatic nitrogens is 1. The van der Waals surface area contributed by atoms with E-state index in [0.29, 0.717) is 35.1 Å². The lowest BCUT2D eigenvalue weighted by molar-refractivity contribution is 0.0951. The summed E-state index contributed by atoms with van der Waals surface area (Å²) in [5, 5.41) is 13.0. The number of hydrogen-bond donors (Lipinski definition) is 2. The molecule has 1 aliphatic heterocycles. The third-order valence-electron chi connectivity index (χ3n) is 5.32. The zero-order valence-electron chi connectivity index (χ0n) is 16.9. The van der Waals surface area contributed by atoms with Gasteiger partial charge in [0, 0.05) is 47.4 Å². The first-order chi connectivity index (χ1) is 15.0. The van der Waals surface area contributed by atoms with Crippen LogP contribution in [0, 0.1) is 0 Å². The molecular weight excluding hydrogens is 433 g/mol. The van der Waals surface area contributed by atoms with Crippen molar-refractivity contribution < 1.29 is 9.90 Å². The van der Waals surface area contributed by atoms with Crippen molar-refractivity contribution in [3.8, 4) is 11.3 Å². The molecule has 1 aliphatic rings. The van der Waals surface area contributed by atoms with Crippen molar-refractivity contribution >= 4 is 34.9 Å². The minimum Gasteiger partial charge on any atom is -0.396 e. The van der Waals surface area contributed by atoms with E-state index in [1.165, 1.54) is 5.56 Å². The third kappa shape index (κ3) is 5.01. The number of rotatable bonds is 7. The second-order valence-corrected chi connectivity index (χ2v) is 8.34. The largest absolute Gasteiger partial charge is 0.396 e. The van der Waals surface area contributed by atoms with Gasteiger partial charge >= 0.3 is 0 Å². The van der Waals surface area contributed by atoms with E-state index >= 15 is 0 Å². The predicted molar refractivity (Wildman–Crippen MR) is 125 cm³/mol. The fraction of sp³-hybridized carbons (Fsp3) is 0.250. The number of carbonyl (C=O) groups excluding carboxylic acids is 1. The lowest BCUT2D eigenvalue weighted by atomic mass is 10.1. The molecule has 3 aromatic rings. The lowest BCUT2D eigenvalue weighted by Gasteiger charge is -2.20. The van der Waals surface area contributed by atoms with Crippen LogP contribution in [0.5, 0.6) is 0 Å². The summed E-state index contributed by atoms with van der Waals surface area (Å²) >= 11 is 12.4. The van der Waals surface area contributed by atoms with Gasteiger partial charge in [0.1, 0.15) is 5.82 Å². The predicted octanol–water partition coefficient (Wildman–Crippen LogP) is 4.73. The summed E-state index contributed by atoms with van der Waals surface area (Å²) in [5.74, 6) is 0.789. The number of hydrogen-bond acceptors (Lipinski definition) is 4. The average molecular weight is 456 g/mol. The van der Waals surface area contributed by atoms with Crippen molar-refractivity contribution in [2.75, 3.05) is 24.6 Å². The van der Waals surface area contributed by atoms with E-state index in [0.717, 1.165) is 35.6 Å². The summed E-state index contributed by atoms with van der Waals surface area (Å²) in [6, 6.07) is 17.1. The Hall–Kier alpha value is -2.60. The maximum absolute atomic E-state index is 12.4. The first-order valence-electron chi connectivity index (χ1n) is 10.2. The number of halogens is 2. The summed E-state index contributed by atoms with van der Waals surface area (Å²) in [6.45, 7) is 2.03. The Balaban J connectivity index is 1.56. The van der Waals surface area contributed by atoms with Crippen molar-refractivity contribution in [3.05, 3.63) is 81.3 Å². The van der Waals surface area contributed by atoms with Gasteiger partial charge in [0.15, 0.2) is 0 Å². The Bertz CT molecular complexity index is 1100. The van der Waals surface area contributed by atoms with E-state index in [1.807, 2.05) is 36.4 Å². The van der Waals surface area contributed by atoms with Crippen molar-refractivity contribution in [3.63, 3.8) is 0 Å². The number of carbonyl (C=O) groups is 1. The Morgan fingerprint density at radius 1 is 1.13 bits per heavy atom. The van der Waals surface area contributed by atoms with Crippen LogP contribution in [0.2, 0.25) is 10.0 Å². The van der Waals surface area contributed by atoms with E-state index in [4.69, 9.17) is 33.3 Å². The van der Waals surface area contributed by atoms with Crippen LogP contribution >= 0.6 is 23.2 Å². The molecule has 31 heavy (non-hydrogen) atoms. The van der Waals surface area contributed by atoms with Gasteiger partial charge in [-0.2, -0.15) is 0 Å². The quantitative estimate of drug-likeness (QED) is 0.505. The minimum absolute atomic E-state index is 0.0527. The van der Waals surface area contributed by atoms with Crippen LogP contribution in [0.15, 0.2) is 54.6 Å². The van der Waals surface area contributed by atoms with Gasteiger partial charge in [0.2, 0.25) is 0 Å². The van der Waals surface area contributed by atoms with Crippen molar-refractivity contribution in [2.24, 2.45) is 0 Å². The van der Waals surface area contributed by atoms with Crippen molar-refractivity contribution in [1.82, 2.24) is 10.3 Å². The molecule has 160 valence electrons. The zero-order chi connectivity index (χ0) is 21.8. The Morgan fingerprint density at radius 3 is 2.81 bits per heavy atom. The molecule has 0 saturated carbocycles. The van der Waals surface area contributed by atoms with Crippen LogP contribution in [0.3, 0.4) is 0 Å². The molecule has 0 unspecified atom stereocenters. The molecule has 0 atom stereocenters. The molecule has 7 heteroatoms. The topological polar surface area (TPSA) is 65.5 Å². The molecule has 2 aromatic carbocycles. The number of nitrogens with one attached hydrogen (secondary N) is 1. The second kappa shape index (κ2) is 9.69. The van der Waals surface area contributed by atoms with E-state index < -0.39 is 0 Å². The number of aliphatic hydroxyl groups excluding tert-OH is 1. The molecule has 0 fully saturated rings. The standard InChI is InChI=1S/C24H23Cl2N3O2/c25-20-7-5-19(21(26)14-20)15-29-11-9-16-6-8-22(28-23(16)29)17-3-1-4-18(13-17)24(31)27-10-2-12-30/h1,3-8,13-14,30H,2,9-12,15H2,(H,27,31). The van der Waals surface area contributed by atoms with Gasteiger partial charge in [-0.05, 0) is 54.3 Å². The van der Waals surface area contributed by atoms with Crippen molar-refractivity contribution in [1.29, 1.82) is 0 Å². The molecule has 1 amide bonds. The fourth-order valence-electron chi connectivity index (χ4n) is 3.68. The summed E-state index contributed by atoms with van der Waals surface area (Å²) in [5.41, 5.74) is 4.48. The van der Waals surface area contributed by atoms with Gasteiger partial charge in [0.25, 0.3) is 5.91 Å². The molecule has 0 bridgehead atoms. The summed E-state index contributed by atoms with van der Waals surface area (Å²) < 4.78 is 0. The number of fused-ring (bicyclic) bond motifs is 1. The van der Waals surface area contributed by atoms with Gasteiger partial charge in [-0.3, -0.25) is 4.79 Å². The number of nitrogens with zero attached hydrogens (tertiary/aromatic N) is 2. The average Bonchev–Trinajstić information content (AvgIpc) is 3.18.